The highest BCUT2D eigenvalue weighted by Gasteiger charge is 2.25. The number of aliphatic hydroxyl groups is 1. The second-order valence-corrected chi connectivity index (χ2v) is 12.4. The van der Waals surface area contributed by atoms with Crippen molar-refractivity contribution >= 4 is 51.7 Å². The molecule has 52 heavy (non-hydrogen) atoms. The number of nitrogens with two attached hydrogens (primary N) is 2. The maximum atomic E-state index is 12.9. The molecule has 1 aromatic heterocycles. The van der Waals surface area contributed by atoms with Crippen LogP contribution in [0, 0.1) is 17.2 Å². The summed E-state index contributed by atoms with van der Waals surface area (Å²) in [5.41, 5.74) is 15.2. The summed E-state index contributed by atoms with van der Waals surface area (Å²) in [6.45, 7) is 3.88. The zero-order chi connectivity index (χ0) is 37.8. The number of amides is 4. The van der Waals surface area contributed by atoms with Crippen molar-refractivity contribution in [3.8, 4) is 11.8 Å². The number of primary amides is 1. The van der Waals surface area contributed by atoms with E-state index in [-0.39, 0.29) is 24.8 Å². The molecule has 0 spiro atoms. The van der Waals surface area contributed by atoms with Crippen molar-refractivity contribution in [3.05, 3.63) is 84.1 Å². The Labute approximate surface area is 302 Å². The number of aliphatic hydroxyl groups excluding tert-OH is 1. The highest BCUT2D eigenvalue weighted by molar-refractivity contribution is 5.95. The first-order valence-corrected chi connectivity index (χ1v) is 16.7. The normalized spacial score (nSPS) is 12.6. The number of nitrogens with zero attached hydrogens (tertiary/aromatic N) is 3. The number of para-hydroxylation sites is 1. The van der Waals surface area contributed by atoms with Crippen molar-refractivity contribution in [1.82, 2.24) is 15.6 Å². The number of carbonyl (C=O) groups excluding carboxylic acids is 3. The first kappa shape index (κ1) is 38.7. The molecule has 1 heterocycles. The van der Waals surface area contributed by atoms with Crippen molar-refractivity contribution in [2.45, 2.75) is 51.6 Å². The molecule has 0 aliphatic heterocycles. The Hall–Kier alpha value is -6.11. The highest BCUT2D eigenvalue weighted by atomic mass is 16.5. The molecule has 15 nitrogen and oxygen atoms in total. The Morgan fingerprint density at radius 2 is 1.79 bits per heavy atom. The van der Waals surface area contributed by atoms with Gasteiger partial charge >= 0.3 is 12.1 Å². The molecule has 4 amide bonds. The third-order valence-corrected chi connectivity index (χ3v) is 8.34. The van der Waals surface area contributed by atoms with Gasteiger partial charge in [-0.1, -0.05) is 44.2 Å². The number of nitriles is 1. The van der Waals surface area contributed by atoms with Crippen molar-refractivity contribution in [2.24, 2.45) is 17.4 Å². The number of hydrogen-bond acceptors (Lipinski definition) is 11. The Balaban J connectivity index is 1.38. The number of anilines is 4. The summed E-state index contributed by atoms with van der Waals surface area (Å²) in [6, 6.07) is 21.4. The van der Waals surface area contributed by atoms with E-state index < -0.39 is 36.3 Å². The van der Waals surface area contributed by atoms with Crippen molar-refractivity contribution in [3.63, 3.8) is 0 Å². The van der Waals surface area contributed by atoms with Gasteiger partial charge in [-0.3, -0.25) is 10.1 Å². The molecule has 0 saturated heterocycles. The van der Waals surface area contributed by atoms with Crippen LogP contribution in [0.5, 0.6) is 5.75 Å². The van der Waals surface area contributed by atoms with Gasteiger partial charge < -0.3 is 46.9 Å². The summed E-state index contributed by atoms with van der Waals surface area (Å²) in [4.78, 5) is 42.9. The number of aromatic nitrogens is 1. The second kappa shape index (κ2) is 18.2. The monoisotopic (exact) mass is 711 g/mol. The predicted octanol–water partition coefficient (Wildman–Crippen LogP) is 4.28. The molecule has 4 aromatic rings. The minimum absolute atomic E-state index is 0.0465. The van der Waals surface area contributed by atoms with E-state index in [0.29, 0.717) is 46.7 Å². The zero-order valence-corrected chi connectivity index (χ0v) is 29.6. The zero-order valence-electron chi connectivity index (χ0n) is 29.6. The van der Waals surface area contributed by atoms with Gasteiger partial charge in [0.05, 0.1) is 36.1 Å². The largest absolute Gasteiger partial charge is 0.495 e. The van der Waals surface area contributed by atoms with E-state index in [9.17, 15) is 24.8 Å². The molecule has 0 fully saturated rings. The van der Waals surface area contributed by atoms with Gasteiger partial charge in [-0.25, -0.2) is 14.6 Å². The van der Waals surface area contributed by atoms with Gasteiger partial charge in [0.2, 0.25) is 5.91 Å². The summed E-state index contributed by atoms with van der Waals surface area (Å²) in [5.74, 6) is -0.0843. The van der Waals surface area contributed by atoms with Gasteiger partial charge in [-0.05, 0) is 66.8 Å². The van der Waals surface area contributed by atoms with Gasteiger partial charge in [0.25, 0.3) is 0 Å². The predicted molar refractivity (Wildman–Crippen MR) is 199 cm³/mol. The fourth-order valence-electron chi connectivity index (χ4n) is 5.32. The molecule has 1 unspecified atom stereocenters. The van der Waals surface area contributed by atoms with E-state index in [1.165, 1.54) is 7.11 Å². The smallest absolute Gasteiger partial charge is 0.412 e. The molecule has 3 atom stereocenters. The van der Waals surface area contributed by atoms with Crippen LogP contribution < -0.4 is 42.4 Å². The number of pyridine rings is 1. The molecule has 3 aromatic carbocycles. The topological polar surface area (TPSA) is 230 Å². The van der Waals surface area contributed by atoms with Gasteiger partial charge in [-0.15, -0.1) is 0 Å². The quantitative estimate of drug-likeness (QED) is 0.0641. The third kappa shape index (κ3) is 10.5. The molecular weight excluding hydrogens is 666 g/mol. The Kier molecular flexibility index (Phi) is 13.6. The average Bonchev–Trinajstić information content (AvgIpc) is 3.14. The summed E-state index contributed by atoms with van der Waals surface area (Å²) >= 11 is 0. The number of benzene rings is 3. The number of fused-ring (bicyclic) bond motifs is 1. The molecule has 4 rings (SSSR count). The molecule has 0 aliphatic rings. The lowest BCUT2D eigenvalue weighted by atomic mass is 10.0. The second-order valence-electron chi connectivity index (χ2n) is 12.4. The molecule has 0 radical (unpaired) electrons. The lowest BCUT2D eigenvalue weighted by Gasteiger charge is -2.28. The SMILES string of the molecule is COc1ccc(N(C)c2cc(C#N)nc3ccccc23)cc1NC(=O)OCc1ccc(NC(O)[C@H](CCCNC(N)=O)NC(=O)[C@@H](N)C(C)C)cc1. The number of ether oxygens (including phenoxy) is 2. The van der Waals surface area contributed by atoms with E-state index in [4.69, 9.17) is 20.9 Å². The molecule has 15 heteroatoms. The van der Waals surface area contributed by atoms with E-state index in [2.05, 4.69) is 32.3 Å². The van der Waals surface area contributed by atoms with Crippen LogP contribution >= 0.6 is 0 Å². The van der Waals surface area contributed by atoms with Gasteiger partial charge in [0, 0.05) is 30.4 Å². The Morgan fingerprint density at radius 1 is 1.06 bits per heavy atom. The minimum Gasteiger partial charge on any atom is -0.495 e. The number of urea groups is 1. The number of hydrogen-bond donors (Lipinski definition) is 7. The standard InChI is InChI=1S/C37H45N9O6/c1-22(2)33(39)35(48)44-29(10-7-17-41-36(40)49)34(47)43-24-13-11-23(12-14-24)21-52-37(50)45-30-19-26(15-16-32(30)51-4)46(3)31-18-25(20-38)42-28-9-6-5-8-27(28)31/h5-6,8-9,11-16,18-19,22,29,33-34,43,47H,7,10,17,21,39H2,1-4H3,(H,44,48)(H,45,50)(H3,40,41,49)/t29-,33-,34?/m0/s1. The first-order valence-electron chi connectivity index (χ1n) is 16.7. The molecule has 274 valence electrons. The van der Waals surface area contributed by atoms with Crippen LogP contribution in [-0.2, 0) is 16.1 Å². The van der Waals surface area contributed by atoms with Crippen molar-refractivity contribution in [1.29, 1.82) is 5.26 Å². The van der Waals surface area contributed by atoms with Crippen LogP contribution in [0.25, 0.3) is 10.9 Å². The maximum absolute atomic E-state index is 12.9. The molecule has 0 bridgehead atoms. The van der Waals surface area contributed by atoms with Crippen LogP contribution in [0.1, 0.15) is 37.9 Å². The number of nitrogens with one attached hydrogen (secondary N) is 4. The van der Waals surface area contributed by atoms with E-state index in [0.717, 1.165) is 11.1 Å². The van der Waals surface area contributed by atoms with Gasteiger partial charge in [-0.2, -0.15) is 5.26 Å². The third-order valence-electron chi connectivity index (χ3n) is 8.34. The minimum atomic E-state index is -1.18. The fourth-order valence-corrected chi connectivity index (χ4v) is 5.32. The van der Waals surface area contributed by atoms with E-state index >= 15 is 0 Å². The summed E-state index contributed by atoms with van der Waals surface area (Å²) in [5, 5.41) is 32.4. The van der Waals surface area contributed by atoms with E-state index in [1.54, 1.807) is 42.5 Å². The highest BCUT2D eigenvalue weighted by Crippen LogP contribution is 2.35. The van der Waals surface area contributed by atoms with Gasteiger partial charge in [0.1, 0.15) is 30.3 Å². The van der Waals surface area contributed by atoms with Crippen LogP contribution in [-0.4, -0.2) is 67.1 Å². The molecular formula is C37H45N9O6. The number of carbonyl (C=O) groups is 3. The molecule has 0 aliphatic carbocycles. The van der Waals surface area contributed by atoms with Crippen molar-refractivity contribution in [2.75, 3.05) is 36.2 Å². The first-order chi connectivity index (χ1) is 24.9. The summed E-state index contributed by atoms with van der Waals surface area (Å²) in [6.07, 6.45) is -1.11. The van der Waals surface area contributed by atoms with Crippen LogP contribution in [0.3, 0.4) is 0 Å². The van der Waals surface area contributed by atoms with Crippen LogP contribution in [0.4, 0.5) is 32.3 Å². The molecule has 0 saturated carbocycles. The lowest BCUT2D eigenvalue weighted by Crippen LogP contribution is -2.53. The fraction of sp³-hybridized carbons (Fsp3) is 0.324. The van der Waals surface area contributed by atoms with Crippen molar-refractivity contribution < 1.29 is 29.0 Å². The van der Waals surface area contributed by atoms with E-state index in [1.807, 2.05) is 56.1 Å². The average molecular weight is 712 g/mol. The lowest BCUT2D eigenvalue weighted by molar-refractivity contribution is -0.124. The molecule has 9 N–H and O–H groups in total. The van der Waals surface area contributed by atoms with Crippen LogP contribution in [0.2, 0.25) is 0 Å². The summed E-state index contributed by atoms with van der Waals surface area (Å²) < 4.78 is 11.0. The Bertz CT molecular complexity index is 1900. The number of rotatable bonds is 16. The summed E-state index contributed by atoms with van der Waals surface area (Å²) in [7, 11) is 3.35. The maximum Gasteiger partial charge on any atom is 0.412 e. The van der Waals surface area contributed by atoms with Crippen LogP contribution in [0.15, 0.2) is 72.8 Å². The van der Waals surface area contributed by atoms with Gasteiger partial charge in [0.15, 0.2) is 0 Å². The Morgan fingerprint density at radius 3 is 2.46 bits per heavy atom. The number of methoxy groups -OCH3 is 1.